The first kappa shape index (κ1) is 14.7. The quantitative estimate of drug-likeness (QED) is 0.777. The van der Waals surface area contributed by atoms with Crippen molar-refractivity contribution in [1.82, 2.24) is 14.7 Å². The third kappa shape index (κ3) is 2.63. The minimum absolute atomic E-state index is 0.180. The van der Waals surface area contributed by atoms with E-state index < -0.39 is 6.10 Å². The number of nitrogens with one attached hydrogen (secondary N) is 1. The second-order valence-electron chi connectivity index (χ2n) is 5.17. The number of aliphatic hydroxyl groups excluding tert-OH is 1. The molecule has 0 aromatic carbocycles. The van der Waals surface area contributed by atoms with E-state index in [9.17, 15) is 9.90 Å². The average Bonchev–Trinajstić information content (AvgIpc) is 3.06. The van der Waals surface area contributed by atoms with Gasteiger partial charge in [0.25, 0.3) is 5.91 Å². The molecule has 0 spiro atoms. The van der Waals surface area contributed by atoms with Crippen LogP contribution in [0.25, 0.3) is 5.65 Å². The lowest BCUT2D eigenvalue weighted by molar-refractivity contribution is 0.0911. The number of hydrogen-bond acceptors (Lipinski definition) is 4. The van der Waals surface area contributed by atoms with Crippen molar-refractivity contribution < 1.29 is 9.90 Å². The van der Waals surface area contributed by atoms with Crippen LogP contribution in [0.5, 0.6) is 0 Å². The van der Waals surface area contributed by atoms with Gasteiger partial charge in [0, 0.05) is 17.6 Å². The molecule has 5 nitrogen and oxygen atoms in total. The second kappa shape index (κ2) is 5.90. The summed E-state index contributed by atoms with van der Waals surface area (Å²) in [6, 6.07) is 7.55. The molecule has 6 heteroatoms. The molecular weight excluding hydrogens is 298 g/mol. The Bertz CT molecular complexity index is 822. The van der Waals surface area contributed by atoms with Crippen molar-refractivity contribution in [3.05, 3.63) is 57.7 Å². The first-order valence-electron chi connectivity index (χ1n) is 7.02. The zero-order valence-corrected chi connectivity index (χ0v) is 13.2. The van der Waals surface area contributed by atoms with Gasteiger partial charge in [0.05, 0.1) is 5.69 Å². The number of imidazole rings is 1. The van der Waals surface area contributed by atoms with E-state index in [-0.39, 0.29) is 12.5 Å². The largest absolute Gasteiger partial charge is 0.386 e. The van der Waals surface area contributed by atoms with Gasteiger partial charge in [-0.05, 0) is 43.0 Å². The van der Waals surface area contributed by atoms with E-state index >= 15 is 0 Å². The number of rotatable bonds is 4. The molecule has 0 fully saturated rings. The molecular formula is C16H17N3O2S. The van der Waals surface area contributed by atoms with Crippen molar-refractivity contribution >= 4 is 22.9 Å². The van der Waals surface area contributed by atoms with E-state index in [0.717, 1.165) is 16.1 Å². The van der Waals surface area contributed by atoms with Crippen LogP contribution in [0.1, 0.15) is 32.7 Å². The van der Waals surface area contributed by atoms with Crippen LogP contribution in [0.4, 0.5) is 0 Å². The van der Waals surface area contributed by atoms with Gasteiger partial charge in [0.1, 0.15) is 17.4 Å². The fourth-order valence-corrected chi connectivity index (χ4v) is 3.39. The predicted octanol–water partition coefficient (Wildman–Crippen LogP) is 2.48. The Hall–Kier alpha value is -2.18. The Balaban J connectivity index is 1.77. The maximum Gasteiger partial charge on any atom is 0.270 e. The Morgan fingerprint density at radius 2 is 2.23 bits per heavy atom. The zero-order chi connectivity index (χ0) is 15.7. The van der Waals surface area contributed by atoms with Crippen LogP contribution in [0.3, 0.4) is 0 Å². The average molecular weight is 315 g/mol. The lowest BCUT2D eigenvalue weighted by atomic mass is 10.2. The summed E-state index contributed by atoms with van der Waals surface area (Å²) < 4.78 is 1.76. The van der Waals surface area contributed by atoms with Crippen molar-refractivity contribution in [2.75, 3.05) is 6.54 Å². The monoisotopic (exact) mass is 315 g/mol. The number of pyridine rings is 1. The van der Waals surface area contributed by atoms with Crippen LogP contribution in [0.15, 0.2) is 35.8 Å². The first-order chi connectivity index (χ1) is 10.6. The standard InChI is InChI=1S/C16H17N3O2S/c1-10-6-8-22-15(10)12(20)9-17-16(21)14-11(2)18-13-5-3-4-7-19(13)14/h3-8,12,20H,9H2,1-2H3,(H,17,21)/t12-/m1/s1. The number of aryl methyl sites for hydroxylation is 2. The summed E-state index contributed by atoms with van der Waals surface area (Å²) >= 11 is 1.49. The Morgan fingerprint density at radius 1 is 1.41 bits per heavy atom. The number of hydrogen-bond donors (Lipinski definition) is 2. The number of carbonyl (C=O) groups excluding carboxylic acids is 1. The molecule has 3 heterocycles. The van der Waals surface area contributed by atoms with E-state index in [2.05, 4.69) is 10.3 Å². The number of aliphatic hydroxyl groups is 1. The second-order valence-corrected chi connectivity index (χ2v) is 6.12. The highest BCUT2D eigenvalue weighted by Crippen LogP contribution is 2.23. The van der Waals surface area contributed by atoms with Crippen molar-refractivity contribution in [1.29, 1.82) is 0 Å². The van der Waals surface area contributed by atoms with Crippen LogP contribution in [0, 0.1) is 13.8 Å². The van der Waals surface area contributed by atoms with Crippen LogP contribution in [0.2, 0.25) is 0 Å². The van der Waals surface area contributed by atoms with Crippen molar-refractivity contribution in [3.63, 3.8) is 0 Å². The molecule has 3 aromatic rings. The Morgan fingerprint density at radius 3 is 2.95 bits per heavy atom. The molecule has 114 valence electrons. The lowest BCUT2D eigenvalue weighted by Gasteiger charge is -2.11. The zero-order valence-electron chi connectivity index (χ0n) is 12.4. The number of thiophene rings is 1. The van der Waals surface area contributed by atoms with Crippen LogP contribution in [-0.2, 0) is 0 Å². The predicted molar refractivity (Wildman–Crippen MR) is 86.3 cm³/mol. The molecule has 0 aliphatic carbocycles. The van der Waals surface area contributed by atoms with E-state index in [1.165, 1.54) is 11.3 Å². The minimum atomic E-state index is -0.691. The highest BCUT2D eigenvalue weighted by Gasteiger charge is 2.18. The highest BCUT2D eigenvalue weighted by molar-refractivity contribution is 7.10. The first-order valence-corrected chi connectivity index (χ1v) is 7.90. The Labute approximate surface area is 132 Å². The van der Waals surface area contributed by atoms with E-state index in [0.29, 0.717) is 11.4 Å². The molecule has 3 rings (SSSR count). The lowest BCUT2D eigenvalue weighted by Crippen LogP contribution is -2.29. The molecule has 3 aromatic heterocycles. The third-order valence-electron chi connectivity index (χ3n) is 3.58. The summed E-state index contributed by atoms with van der Waals surface area (Å²) in [7, 11) is 0. The molecule has 0 radical (unpaired) electrons. The van der Waals surface area contributed by atoms with Crippen molar-refractivity contribution in [2.24, 2.45) is 0 Å². The molecule has 0 saturated carbocycles. The maximum atomic E-state index is 12.4. The topological polar surface area (TPSA) is 66.6 Å². The van der Waals surface area contributed by atoms with Gasteiger partial charge < -0.3 is 10.4 Å². The van der Waals surface area contributed by atoms with Gasteiger partial charge in [0.2, 0.25) is 0 Å². The number of aromatic nitrogens is 2. The van der Waals surface area contributed by atoms with Gasteiger partial charge in [0.15, 0.2) is 0 Å². The summed E-state index contributed by atoms with van der Waals surface area (Å²) in [5.74, 6) is -0.232. The molecule has 0 saturated heterocycles. The van der Waals surface area contributed by atoms with Gasteiger partial charge in [-0.1, -0.05) is 6.07 Å². The van der Waals surface area contributed by atoms with Gasteiger partial charge in [-0.3, -0.25) is 9.20 Å². The van der Waals surface area contributed by atoms with Crippen LogP contribution in [-0.4, -0.2) is 26.9 Å². The number of fused-ring (bicyclic) bond motifs is 1. The fourth-order valence-electron chi connectivity index (χ4n) is 2.48. The summed E-state index contributed by atoms with van der Waals surface area (Å²) in [4.78, 5) is 17.7. The van der Waals surface area contributed by atoms with Crippen molar-refractivity contribution in [2.45, 2.75) is 20.0 Å². The molecule has 0 aliphatic rings. The molecule has 0 bridgehead atoms. The van der Waals surface area contributed by atoms with E-state index in [4.69, 9.17) is 0 Å². The molecule has 2 N–H and O–H groups in total. The van der Waals surface area contributed by atoms with Gasteiger partial charge in [-0.15, -0.1) is 11.3 Å². The molecule has 1 atom stereocenters. The summed E-state index contributed by atoms with van der Waals surface area (Å²) in [6.45, 7) is 3.94. The van der Waals surface area contributed by atoms with Gasteiger partial charge in [-0.25, -0.2) is 4.98 Å². The van der Waals surface area contributed by atoms with E-state index in [1.807, 2.05) is 49.7 Å². The smallest absolute Gasteiger partial charge is 0.270 e. The summed E-state index contributed by atoms with van der Waals surface area (Å²) in [5, 5.41) is 14.9. The minimum Gasteiger partial charge on any atom is -0.386 e. The van der Waals surface area contributed by atoms with E-state index in [1.54, 1.807) is 4.40 Å². The molecule has 1 amide bonds. The van der Waals surface area contributed by atoms with Crippen LogP contribution >= 0.6 is 11.3 Å². The maximum absolute atomic E-state index is 12.4. The fraction of sp³-hybridized carbons (Fsp3) is 0.250. The number of nitrogens with zero attached hydrogens (tertiary/aromatic N) is 2. The number of carbonyl (C=O) groups is 1. The Kier molecular flexibility index (Phi) is 3.96. The molecule has 0 unspecified atom stereocenters. The number of amides is 1. The molecule has 22 heavy (non-hydrogen) atoms. The van der Waals surface area contributed by atoms with Gasteiger partial charge >= 0.3 is 0 Å². The highest BCUT2D eigenvalue weighted by atomic mass is 32.1. The molecule has 0 aliphatic heterocycles. The summed E-state index contributed by atoms with van der Waals surface area (Å²) in [5.41, 5.74) is 2.95. The van der Waals surface area contributed by atoms with Crippen molar-refractivity contribution in [3.8, 4) is 0 Å². The SMILES string of the molecule is Cc1ccsc1[C@H](O)CNC(=O)c1c(C)nc2ccccn12. The van der Waals surface area contributed by atoms with Crippen LogP contribution < -0.4 is 5.32 Å². The van der Waals surface area contributed by atoms with Gasteiger partial charge in [-0.2, -0.15) is 0 Å². The summed E-state index contributed by atoms with van der Waals surface area (Å²) in [6.07, 6.45) is 1.12. The normalized spacial score (nSPS) is 12.5. The third-order valence-corrected chi connectivity index (χ3v) is 4.70.